The minimum absolute atomic E-state index is 0.539. The lowest BCUT2D eigenvalue weighted by molar-refractivity contribution is -0.139. The van der Waals surface area contributed by atoms with Gasteiger partial charge in [0.25, 0.3) is 0 Å². The number of carboxylic acid groups (broad SMARTS) is 1. The molecule has 0 aromatic carbocycles. The van der Waals surface area contributed by atoms with Gasteiger partial charge < -0.3 is 40.4 Å². The molecule has 0 saturated carbocycles. The summed E-state index contributed by atoms with van der Waals surface area (Å²) in [6.45, 7) is 8.51. The predicted molar refractivity (Wildman–Crippen MR) is 115 cm³/mol. The van der Waals surface area contributed by atoms with Crippen LogP contribution in [0, 0.1) is 0 Å². The van der Waals surface area contributed by atoms with Crippen LogP contribution in [-0.4, -0.2) is 103 Å². The summed E-state index contributed by atoms with van der Waals surface area (Å²) in [7, 11) is 0. The molecule has 29 heavy (non-hydrogen) atoms. The van der Waals surface area contributed by atoms with Crippen LogP contribution in [0.15, 0.2) is 0 Å². The van der Waals surface area contributed by atoms with Gasteiger partial charge in [0.05, 0.1) is 52.9 Å². The van der Waals surface area contributed by atoms with E-state index in [1.165, 1.54) is 0 Å². The van der Waals surface area contributed by atoms with Crippen LogP contribution in [-0.2, 0) is 23.7 Å². The van der Waals surface area contributed by atoms with E-state index in [1.54, 1.807) is 0 Å². The van der Waals surface area contributed by atoms with Crippen molar-refractivity contribution in [2.45, 2.75) is 25.3 Å². The topological polar surface area (TPSA) is 136 Å². The molecule has 11 heteroatoms. The van der Waals surface area contributed by atoms with Gasteiger partial charge in [-0.3, -0.25) is 9.52 Å². The van der Waals surface area contributed by atoms with Gasteiger partial charge in [0, 0.05) is 26.2 Å². The second-order valence-electron chi connectivity index (χ2n) is 6.25. The summed E-state index contributed by atoms with van der Waals surface area (Å²) in [5, 5.41) is 15.4. The summed E-state index contributed by atoms with van der Waals surface area (Å²) in [6, 6.07) is -0.586. The van der Waals surface area contributed by atoms with E-state index in [0.29, 0.717) is 65.8 Å². The Labute approximate surface area is 180 Å². The molecule has 1 atom stereocenters. The number of rotatable bonds is 24. The number of ether oxygens (including phenoxy) is 4. The predicted octanol–water partition coefficient (Wildman–Crippen LogP) is -0.751. The Kier molecular flexibility index (Phi) is 23.4. The molecule has 6 N–H and O–H groups in total. The molecule has 0 aliphatic heterocycles. The molecule has 0 spiro atoms. The van der Waals surface area contributed by atoms with Crippen LogP contribution < -0.4 is 21.1 Å². The minimum Gasteiger partial charge on any atom is -0.480 e. The summed E-state index contributed by atoms with van der Waals surface area (Å²) in [4.78, 5) is 10.8. The smallest absolute Gasteiger partial charge is 0.321 e. The third kappa shape index (κ3) is 22.0. The first-order valence-corrected chi connectivity index (χ1v) is 10.7. The normalized spacial score (nSPS) is 12.3. The van der Waals surface area contributed by atoms with Crippen LogP contribution in [0.4, 0.5) is 0 Å². The molecule has 0 bridgehead atoms. The van der Waals surface area contributed by atoms with Crippen LogP contribution in [0.2, 0.25) is 0 Å². The number of unbranched alkanes of at least 4 members (excludes halogenated alkanes) is 1. The van der Waals surface area contributed by atoms with E-state index in [-0.39, 0.29) is 0 Å². The zero-order chi connectivity index (χ0) is 21.4. The SMILES string of the molecule is NCCOCCOCCNCCOCCOCCNCCCC[C@H](NS)C(=O)O. The fourth-order valence-electron chi connectivity index (χ4n) is 2.25. The average molecular weight is 441 g/mol. The van der Waals surface area contributed by atoms with E-state index in [2.05, 4.69) is 28.2 Å². The molecular weight excluding hydrogens is 400 g/mol. The van der Waals surface area contributed by atoms with Gasteiger partial charge in [0.1, 0.15) is 6.04 Å². The highest BCUT2D eigenvalue weighted by atomic mass is 32.1. The van der Waals surface area contributed by atoms with Crippen molar-refractivity contribution in [1.82, 2.24) is 15.4 Å². The van der Waals surface area contributed by atoms with Crippen LogP contribution in [0.25, 0.3) is 0 Å². The van der Waals surface area contributed by atoms with Gasteiger partial charge in [-0.05, 0) is 19.4 Å². The lowest BCUT2D eigenvalue weighted by Crippen LogP contribution is -2.30. The molecule has 174 valence electrons. The maximum atomic E-state index is 10.8. The fraction of sp³-hybridized carbons (Fsp3) is 0.944. The van der Waals surface area contributed by atoms with E-state index in [4.69, 9.17) is 29.8 Å². The Hall–Kier alpha value is -0.500. The van der Waals surface area contributed by atoms with E-state index in [0.717, 1.165) is 39.0 Å². The number of hydrogen-bond donors (Lipinski definition) is 6. The number of thiol groups is 1. The summed E-state index contributed by atoms with van der Waals surface area (Å²) in [5.41, 5.74) is 5.31. The van der Waals surface area contributed by atoms with E-state index in [1.807, 2.05) is 0 Å². The Bertz CT molecular complexity index is 358. The third-order valence-corrected chi connectivity index (χ3v) is 4.14. The maximum absolute atomic E-state index is 10.8. The molecule has 0 fully saturated rings. The number of hydrogen-bond acceptors (Lipinski definition) is 10. The Morgan fingerprint density at radius 1 is 0.793 bits per heavy atom. The second-order valence-corrected chi connectivity index (χ2v) is 6.51. The summed E-state index contributed by atoms with van der Waals surface area (Å²) in [6.07, 6.45) is 2.32. The van der Waals surface area contributed by atoms with Crippen molar-refractivity contribution < 1.29 is 28.8 Å². The highest BCUT2D eigenvalue weighted by molar-refractivity contribution is 7.78. The Morgan fingerprint density at radius 3 is 1.72 bits per heavy atom. The number of nitrogens with two attached hydrogens (primary N) is 1. The molecule has 0 aliphatic carbocycles. The molecule has 10 nitrogen and oxygen atoms in total. The molecule has 0 amide bonds. The van der Waals surface area contributed by atoms with E-state index in [9.17, 15) is 4.79 Å². The van der Waals surface area contributed by atoms with Gasteiger partial charge in [-0.15, -0.1) is 0 Å². The number of aliphatic carboxylic acids is 1. The molecule has 0 heterocycles. The van der Waals surface area contributed by atoms with Crippen LogP contribution in [0.1, 0.15) is 19.3 Å². The molecule has 0 aromatic heterocycles. The van der Waals surface area contributed by atoms with Gasteiger partial charge >= 0.3 is 5.97 Å². The summed E-state index contributed by atoms with van der Waals surface area (Å²) >= 11 is 3.81. The van der Waals surface area contributed by atoms with Crippen molar-refractivity contribution in [2.75, 3.05) is 85.6 Å². The minimum atomic E-state index is -0.867. The molecule has 0 rings (SSSR count). The van der Waals surface area contributed by atoms with E-state index >= 15 is 0 Å². The van der Waals surface area contributed by atoms with Gasteiger partial charge in [-0.1, -0.05) is 19.2 Å². The van der Waals surface area contributed by atoms with E-state index < -0.39 is 12.0 Å². The number of nitrogens with one attached hydrogen (secondary N) is 3. The number of carboxylic acids is 1. The van der Waals surface area contributed by atoms with Crippen molar-refractivity contribution in [1.29, 1.82) is 0 Å². The van der Waals surface area contributed by atoms with Gasteiger partial charge in [-0.2, -0.15) is 0 Å². The second kappa shape index (κ2) is 23.8. The maximum Gasteiger partial charge on any atom is 0.321 e. The van der Waals surface area contributed by atoms with Gasteiger partial charge in [-0.25, -0.2) is 0 Å². The molecule has 0 radical (unpaired) electrons. The zero-order valence-electron chi connectivity index (χ0n) is 17.4. The highest BCUT2D eigenvalue weighted by Crippen LogP contribution is 2.01. The third-order valence-electron chi connectivity index (χ3n) is 3.83. The van der Waals surface area contributed by atoms with Crippen molar-refractivity contribution in [2.24, 2.45) is 5.73 Å². The Balaban J connectivity index is 3.09. The molecule has 0 aliphatic rings. The standard InChI is InChI=1S/C18H40N4O6S/c19-4-9-25-13-14-27-11-7-21-8-12-28-16-15-26-10-6-20-5-2-1-3-17(22-29)18(23)24/h17,20-22,29H,1-16,19H2,(H,23,24)/t17-/m0/s1. The monoisotopic (exact) mass is 440 g/mol. The van der Waals surface area contributed by atoms with Crippen LogP contribution in [0.3, 0.4) is 0 Å². The van der Waals surface area contributed by atoms with Gasteiger partial charge in [0.2, 0.25) is 0 Å². The summed E-state index contributed by atoms with van der Waals surface area (Å²) in [5.74, 6) is -0.867. The van der Waals surface area contributed by atoms with Crippen molar-refractivity contribution >= 4 is 18.8 Å². The lowest BCUT2D eigenvalue weighted by atomic mass is 10.1. The summed E-state index contributed by atoms with van der Waals surface area (Å²) < 4.78 is 24.0. The first-order chi connectivity index (χ1) is 14.2. The lowest BCUT2D eigenvalue weighted by Gasteiger charge is -2.10. The van der Waals surface area contributed by atoms with Crippen LogP contribution >= 0.6 is 12.8 Å². The zero-order valence-corrected chi connectivity index (χ0v) is 18.3. The van der Waals surface area contributed by atoms with Crippen molar-refractivity contribution in [3.63, 3.8) is 0 Å². The first kappa shape index (κ1) is 28.5. The molecular formula is C18H40N4O6S. The first-order valence-electron chi connectivity index (χ1n) is 10.3. The van der Waals surface area contributed by atoms with Crippen molar-refractivity contribution in [3.05, 3.63) is 0 Å². The van der Waals surface area contributed by atoms with Gasteiger partial charge in [0.15, 0.2) is 0 Å². The average Bonchev–Trinajstić information content (AvgIpc) is 2.71. The highest BCUT2D eigenvalue weighted by Gasteiger charge is 2.13. The quantitative estimate of drug-likeness (QED) is 0.0840. The largest absolute Gasteiger partial charge is 0.480 e. The molecule has 0 unspecified atom stereocenters. The number of carbonyl (C=O) groups is 1. The molecule has 0 saturated heterocycles. The Morgan fingerprint density at radius 2 is 1.28 bits per heavy atom. The fourth-order valence-corrected chi connectivity index (χ4v) is 2.49. The molecule has 0 aromatic rings. The van der Waals surface area contributed by atoms with Crippen molar-refractivity contribution in [3.8, 4) is 0 Å². The van der Waals surface area contributed by atoms with Crippen LogP contribution in [0.5, 0.6) is 0 Å².